The molecular formula is C15H21NO2. The molecule has 1 fully saturated rings. The fourth-order valence-corrected chi connectivity index (χ4v) is 3.78. The van der Waals surface area contributed by atoms with Crippen LogP contribution in [0.15, 0.2) is 24.3 Å². The largest absolute Gasteiger partial charge is 0.493 e. The number of hydrogen-bond acceptors (Lipinski definition) is 3. The van der Waals surface area contributed by atoms with Crippen molar-refractivity contribution >= 4 is 0 Å². The molecule has 18 heavy (non-hydrogen) atoms. The molecule has 1 aromatic rings. The Labute approximate surface area is 108 Å². The minimum absolute atomic E-state index is 0.321. The second kappa shape index (κ2) is 4.25. The summed E-state index contributed by atoms with van der Waals surface area (Å²) in [6.45, 7) is 1.14. The SMILES string of the molecule is NCC1(C2(O)CCCC2)CCOc2ccccc21. The third kappa shape index (κ3) is 1.50. The zero-order valence-electron chi connectivity index (χ0n) is 10.7. The molecule has 3 N–H and O–H groups in total. The Morgan fingerprint density at radius 2 is 1.89 bits per heavy atom. The van der Waals surface area contributed by atoms with Crippen LogP contribution in [0.5, 0.6) is 5.75 Å². The summed E-state index contributed by atoms with van der Waals surface area (Å²) in [6, 6.07) is 8.04. The quantitative estimate of drug-likeness (QED) is 0.840. The molecule has 0 amide bonds. The van der Waals surface area contributed by atoms with Gasteiger partial charge < -0.3 is 15.6 Å². The van der Waals surface area contributed by atoms with Gasteiger partial charge in [0.05, 0.1) is 12.2 Å². The molecule has 1 unspecified atom stereocenters. The van der Waals surface area contributed by atoms with Gasteiger partial charge in [0.2, 0.25) is 0 Å². The first-order valence-electron chi connectivity index (χ1n) is 6.87. The first kappa shape index (κ1) is 12.0. The normalized spacial score (nSPS) is 29.7. The van der Waals surface area contributed by atoms with Crippen molar-refractivity contribution in [3.05, 3.63) is 29.8 Å². The van der Waals surface area contributed by atoms with Crippen molar-refractivity contribution in [1.82, 2.24) is 0 Å². The van der Waals surface area contributed by atoms with E-state index in [1.807, 2.05) is 18.2 Å². The topological polar surface area (TPSA) is 55.5 Å². The highest BCUT2D eigenvalue weighted by Crippen LogP contribution is 2.51. The summed E-state index contributed by atoms with van der Waals surface area (Å²) in [4.78, 5) is 0. The number of nitrogens with two attached hydrogens (primary N) is 1. The molecule has 1 atom stereocenters. The first-order valence-corrected chi connectivity index (χ1v) is 6.87. The summed E-state index contributed by atoms with van der Waals surface area (Å²) in [5.74, 6) is 0.898. The van der Waals surface area contributed by atoms with Gasteiger partial charge in [-0.2, -0.15) is 0 Å². The fourth-order valence-electron chi connectivity index (χ4n) is 3.78. The Morgan fingerprint density at radius 1 is 1.17 bits per heavy atom. The number of para-hydroxylation sites is 1. The number of hydrogen-bond donors (Lipinski definition) is 2. The van der Waals surface area contributed by atoms with Gasteiger partial charge in [-0.05, 0) is 25.3 Å². The average Bonchev–Trinajstić information content (AvgIpc) is 2.86. The van der Waals surface area contributed by atoms with Crippen LogP contribution in [-0.4, -0.2) is 23.9 Å². The predicted molar refractivity (Wildman–Crippen MR) is 70.7 cm³/mol. The van der Waals surface area contributed by atoms with Gasteiger partial charge in [0.15, 0.2) is 0 Å². The molecule has 0 aromatic heterocycles. The number of fused-ring (bicyclic) bond motifs is 1. The number of rotatable bonds is 2. The van der Waals surface area contributed by atoms with E-state index in [2.05, 4.69) is 6.07 Å². The summed E-state index contributed by atoms with van der Waals surface area (Å²) in [6.07, 6.45) is 4.73. The van der Waals surface area contributed by atoms with Crippen LogP contribution >= 0.6 is 0 Å². The third-order valence-electron chi connectivity index (χ3n) is 4.86. The monoisotopic (exact) mass is 247 g/mol. The third-order valence-corrected chi connectivity index (χ3v) is 4.86. The zero-order valence-corrected chi connectivity index (χ0v) is 10.7. The highest BCUT2D eigenvalue weighted by Gasteiger charge is 2.53. The van der Waals surface area contributed by atoms with E-state index in [-0.39, 0.29) is 5.41 Å². The van der Waals surface area contributed by atoms with Gasteiger partial charge in [-0.15, -0.1) is 0 Å². The highest BCUT2D eigenvalue weighted by atomic mass is 16.5. The molecule has 3 heteroatoms. The van der Waals surface area contributed by atoms with E-state index < -0.39 is 5.60 Å². The lowest BCUT2D eigenvalue weighted by atomic mass is 9.63. The summed E-state index contributed by atoms with van der Waals surface area (Å²) in [5.41, 5.74) is 6.23. The Bertz CT molecular complexity index is 440. The van der Waals surface area contributed by atoms with Gasteiger partial charge in [0, 0.05) is 17.5 Å². The van der Waals surface area contributed by atoms with Gasteiger partial charge >= 0.3 is 0 Å². The van der Waals surface area contributed by atoms with Gasteiger partial charge in [-0.1, -0.05) is 31.0 Å². The molecule has 1 aliphatic heterocycles. The van der Waals surface area contributed by atoms with E-state index in [4.69, 9.17) is 10.5 Å². The predicted octanol–water partition coefficient (Wildman–Crippen LogP) is 1.97. The number of benzene rings is 1. The summed E-state index contributed by atoms with van der Waals surface area (Å²) >= 11 is 0. The molecule has 0 saturated heterocycles. The van der Waals surface area contributed by atoms with Crippen LogP contribution in [0.25, 0.3) is 0 Å². The van der Waals surface area contributed by atoms with Crippen molar-refractivity contribution in [1.29, 1.82) is 0 Å². The van der Waals surface area contributed by atoms with E-state index in [1.165, 1.54) is 0 Å². The molecule has 1 aliphatic carbocycles. The molecule has 3 rings (SSSR count). The van der Waals surface area contributed by atoms with Gasteiger partial charge in [0.1, 0.15) is 5.75 Å². The van der Waals surface area contributed by atoms with Crippen molar-refractivity contribution in [3.63, 3.8) is 0 Å². The van der Waals surface area contributed by atoms with Crippen LogP contribution in [0.2, 0.25) is 0 Å². The van der Waals surface area contributed by atoms with Gasteiger partial charge in [-0.25, -0.2) is 0 Å². The van der Waals surface area contributed by atoms with Crippen LogP contribution < -0.4 is 10.5 Å². The van der Waals surface area contributed by atoms with Crippen LogP contribution in [-0.2, 0) is 5.41 Å². The van der Waals surface area contributed by atoms with Crippen molar-refractivity contribution in [2.75, 3.05) is 13.2 Å². The van der Waals surface area contributed by atoms with Crippen LogP contribution in [0.3, 0.4) is 0 Å². The number of aliphatic hydroxyl groups is 1. The molecule has 1 aromatic carbocycles. The molecule has 0 radical (unpaired) electrons. The van der Waals surface area contributed by atoms with E-state index in [0.717, 1.165) is 43.4 Å². The van der Waals surface area contributed by atoms with Crippen molar-refractivity contribution < 1.29 is 9.84 Å². The Hall–Kier alpha value is -1.06. The van der Waals surface area contributed by atoms with Crippen LogP contribution in [0.1, 0.15) is 37.7 Å². The minimum atomic E-state index is -0.651. The van der Waals surface area contributed by atoms with Gasteiger partial charge in [-0.3, -0.25) is 0 Å². The Kier molecular flexibility index (Phi) is 2.83. The number of ether oxygens (including phenoxy) is 1. The van der Waals surface area contributed by atoms with Crippen molar-refractivity contribution in [2.24, 2.45) is 5.73 Å². The van der Waals surface area contributed by atoms with Crippen molar-refractivity contribution in [2.45, 2.75) is 43.1 Å². The Balaban J connectivity index is 2.12. The zero-order chi connectivity index (χ0) is 12.6. The summed E-state index contributed by atoms with van der Waals surface area (Å²) in [7, 11) is 0. The molecule has 3 nitrogen and oxygen atoms in total. The maximum absolute atomic E-state index is 11.1. The fraction of sp³-hybridized carbons (Fsp3) is 0.600. The van der Waals surface area contributed by atoms with E-state index >= 15 is 0 Å². The molecule has 1 heterocycles. The Morgan fingerprint density at radius 3 is 2.61 bits per heavy atom. The lowest BCUT2D eigenvalue weighted by molar-refractivity contribution is -0.0475. The van der Waals surface area contributed by atoms with Crippen LogP contribution in [0.4, 0.5) is 0 Å². The lowest BCUT2D eigenvalue weighted by Crippen LogP contribution is -2.56. The van der Waals surface area contributed by atoms with E-state index in [1.54, 1.807) is 0 Å². The molecular weight excluding hydrogens is 226 g/mol. The summed E-state index contributed by atoms with van der Waals surface area (Å²) in [5, 5.41) is 11.1. The molecule has 98 valence electrons. The van der Waals surface area contributed by atoms with E-state index in [0.29, 0.717) is 13.2 Å². The maximum Gasteiger partial charge on any atom is 0.123 e. The highest BCUT2D eigenvalue weighted by molar-refractivity contribution is 5.44. The molecule has 0 bridgehead atoms. The summed E-state index contributed by atoms with van der Waals surface area (Å²) < 4.78 is 5.72. The first-order chi connectivity index (χ1) is 8.72. The second-order valence-corrected chi connectivity index (χ2v) is 5.62. The van der Waals surface area contributed by atoms with E-state index in [9.17, 15) is 5.11 Å². The lowest BCUT2D eigenvalue weighted by Gasteiger charge is -2.48. The van der Waals surface area contributed by atoms with Crippen LogP contribution in [0, 0.1) is 0 Å². The van der Waals surface area contributed by atoms with Crippen molar-refractivity contribution in [3.8, 4) is 5.75 Å². The van der Waals surface area contributed by atoms with Gasteiger partial charge in [0.25, 0.3) is 0 Å². The standard InChI is InChI=1S/C15H21NO2/c16-11-14(15(17)7-3-4-8-15)9-10-18-13-6-2-1-5-12(13)14/h1-2,5-6,17H,3-4,7-11,16H2. The molecule has 1 saturated carbocycles. The second-order valence-electron chi connectivity index (χ2n) is 5.62. The average molecular weight is 247 g/mol. The molecule has 0 spiro atoms. The molecule has 2 aliphatic rings. The maximum atomic E-state index is 11.1. The minimum Gasteiger partial charge on any atom is -0.493 e. The smallest absolute Gasteiger partial charge is 0.123 e.